The number of H-pyrrole nitrogens is 1. The van der Waals surface area contributed by atoms with Gasteiger partial charge in [0.25, 0.3) is 5.56 Å². The third-order valence-corrected chi connectivity index (χ3v) is 8.09. The Morgan fingerprint density at radius 3 is 2.59 bits per heavy atom. The SMILES string of the molecule is CC(C)c1ccc(-c2nc3c(=O)n4cc(-c5ccccc5)[nH]c4nc3n2[C@@H]2OC3COP(O)O[C@H]3C2O)cc1. The minimum Gasteiger partial charge on any atom is -0.386 e. The second kappa shape index (κ2) is 9.34. The smallest absolute Gasteiger partial charge is 0.330 e. The van der Waals surface area contributed by atoms with Crippen molar-refractivity contribution in [2.45, 2.75) is 44.3 Å². The van der Waals surface area contributed by atoms with E-state index in [-0.39, 0.29) is 23.3 Å². The van der Waals surface area contributed by atoms with Crippen molar-refractivity contribution < 1.29 is 23.8 Å². The molecular formula is C27H26N5O6P. The molecule has 7 rings (SSSR count). The zero-order chi connectivity index (χ0) is 26.8. The van der Waals surface area contributed by atoms with Crippen LogP contribution in [0.4, 0.5) is 0 Å². The summed E-state index contributed by atoms with van der Waals surface area (Å²) in [5.74, 6) is 1.10. The average molecular weight is 548 g/mol. The summed E-state index contributed by atoms with van der Waals surface area (Å²) in [6, 6.07) is 17.5. The first kappa shape index (κ1) is 24.6. The van der Waals surface area contributed by atoms with E-state index in [0.717, 1.165) is 22.4 Å². The van der Waals surface area contributed by atoms with E-state index >= 15 is 0 Å². The van der Waals surface area contributed by atoms with E-state index in [9.17, 15) is 14.8 Å². The normalized spacial score (nSPS) is 25.1. The molecule has 2 saturated heterocycles. The summed E-state index contributed by atoms with van der Waals surface area (Å²) >= 11 is 0. The maximum atomic E-state index is 13.7. The lowest BCUT2D eigenvalue weighted by molar-refractivity contribution is -0.0581. The summed E-state index contributed by atoms with van der Waals surface area (Å²) in [5, 5.41) is 11.3. The Morgan fingerprint density at radius 2 is 1.85 bits per heavy atom. The fraction of sp³-hybridized carbons (Fsp3) is 0.296. The number of nitrogens with zero attached hydrogens (tertiary/aromatic N) is 4. The summed E-state index contributed by atoms with van der Waals surface area (Å²) in [6.45, 7) is 4.30. The molecule has 0 saturated carbocycles. The number of fused-ring (bicyclic) bond motifs is 3. The van der Waals surface area contributed by atoms with Crippen molar-refractivity contribution in [3.63, 3.8) is 0 Å². The summed E-state index contributed by atoms with van der Waals surface area (Å²) in [5.41, 5.74) is 3.59. The van der Waals surface area contributed by atoms with Crippen molar-refractivity contribution >= 4 is 25.5 Å². The molecule has 2 aliphatic rings. The van der Waals surface area contributed by atoms with E-state index in [2.05, 4.69) is 18.8 Å². The fourth-order valence-corrected chi connectivity index (χ4v) is 6.03. The lowest BCUT2D eigenvalue weighted by Crippen LogP contribution is -2.38. The van der Waals surface area contributed by atoms with Crippen molar-refractivity contribution in [1.29, 1.82) is 0 Å². The molecule has 12 heteroatoms. The Hall–Kier alpha value is -3.44. The van der Waals surface area contributed by atoms with E-state index in [1.165, 1.54) is 4.40 Å². The van der Waals surface area contributed by atoms with Gasteiger partial charge in [0.05, 0.1) is 12.3 Å². The van der Waals surface area contributed by atoms with E-state index in [1.807, 2.05) is 54.6 Å². The van der Waals surface area contributed by atoms with Crippen LogP contribution in [-0.2, 0) is 13.8 Å². The number of ether oxygens (including phenoxy) is 1. The molecule has 5 heterocycles. The first-order chi connectivity index (χ1) is 18.9. The molecule has 3 unspecified atom stereocenters. The molecule has 0 spiro atoms. The van der Waals surface area contributed by atoms with Gasteiger partial charge in [-0.1, -0.05) is 68.4 Å². The van der Waals surface area contributed by atoms with Gasteiger partial charge in [0.2, 0.25) is 5.78 Å². The molecule has 200 valence electrons. The minimum absolute atomic E-state index is 0.0723. The topological polar surface area (TPSA) is 136 Å². The quantitative estimate of drug-likeness (QED) is 0.290. The Kier molecular flexibility index (Phi) is 5.89. The van der Waals surface area contributed by atoms with Gasteiger partial charge in [0, 0.05) is 11.8 Å². The van der Waals surface area contributed by atoms with Crippen LogP contribution in [0.15, 0.2) is 65.6 Å². The Labute approximate surface area is 223 Å². The highest BCUT2D eigenvalue weighted by Gasteiger charge is 2.50. The van der Waals surface area contributed by atoms with Gasteiger partial charge >= 0.3 is 8.60 Å². The van der Waals surface area contributed by atoms with Gasteiger partial charge in [-0.15, -0.1) is 0 Å². The third kappa shape index (κ3) is 4.01. The highest BCUT2D eigenvalue weighted by molar-refractivity contribution is 7.40. The molecule has 0 radical (unpaired) electrons. The zero-order valence-corrected chi connectivity index (χ0v) is 22.0. The van der Waals surface area contributed by atoms with Crippen molar-refractivity contribution in [3.8, 4) is 22.6 Å². The van der Waals surface area contributed by atoms with Crippen molar-refractivity contribution in [3.05, 3.63) is 76.7 Å². The molecule has 0 amide bonds. The number of aliphatic hydroxyl groups is 1. The third-order valence-electron chi connectivity index (χ3n) is 7.30. The van der Waals surface area contributed by atoms with Gasteiger partial charge < -0.3 is 28.8 Å². The van der Waals surface area contributed by atoms with Crippen LogP contribution in [0.25, 0.3) is 39.6 Å². The van der Waals surface area contributed by atoms with E-state index in [1.54, 1.807) is 10.8 Å². The number of rotatable bonds is 4. The van der Waals surface area contributed by atoms with E-state index in [4.69, 9.17) is 23.8 Å². The maximum Gasteiger partial charge on any atom is 0.330 e. The highest BCUT2D eigenvalue weighted by Crippen LogP contribution is 2.47. The van der Waals surface area contributed by atoms with Crippen LogP contribution in [0.3, 0.4) is 0 Å². The number of imidazole rings is 2. The molecule has 0 aliphatic carbocycles. The number of nitrogens with one attached hydrogen (secondary N) is 1. The molecular weight excluding hydrogens is 521 g/mol. The van der Waals surface area contributed by atoms with Gasteiger partial charge in [-0.25, -0.2) is 9.38 Å². The second-order valence-electron chi connectivity index (χ2n) is 10.1. The predicted molar refractivity (Wildman–Crippen MR) is 144 cm³/mol. The van der Waals surface area contributed by atoms with Gasteiger partial charge in [0.15, 0.2) is 17.4 Å². The second-order valence-corrected chi connectivity index (χ2v) is 11.0. The summed E-state index contributed by atoms with van der Waals surface area (Å²) < 4.78 is 20.0. The number of aliphatic hydroxyl groups excluding tert-OH is 1. The molecule has 39 heavy (non-hydrogen) atoms. The molecule has 11 nitrogen and oxygen atoms in total. The molecule has 3 aromatic heterocycles. The Balaban J connectivity index is 1.43. The van der Waals surface area contributed by atoms with Gasteiger partial charge in [-0.2, -0.15) is 4.98 Å². The predicted octanol–water partition coefficient (Wildman–Crippen LogP) is 3.72. The molecule has 2 fully saturated rings. The number of hydrogen-bond acceptors (Lipinski definition) is 8. The van der Waals surface area contributed by atoms with Crippen LogP contribution in [0, 0.1) is 0 Å². The largest absolute Gasteiger partial charge is 0.386 e. The molecule has 5 atom stereocenters. The molecule has 2 aromatic carbocycles. The van der Waals surface area contributed by atoms with E-state index in [0.29, 0.717) is 17.5 Å². The van der Waals surface area contributed by atoms with Crippen LogP contribution < -0.4 is 5.56 Å². The molecule has 0 bridgehead atoms. The first-order valence-corrected chi connectivity index (χ1v) is 13.8. The zero-order valence-electron chi connectivity index (χ0n) is 21.1. The summed E-state index contributed by atoms with van der Waals surface area (Å²) in [6.07, 6.45) is -1.84. The Bertz CT molecular complexity index is 1730. The lowest BCUT2D eigenvalue weighted by atomic mass is 10.0. The van der Waals surface area contributed by atoms with Crippen molar-refractivity contribution in [2.24, 2.45) is 0 Å². The molecule has 5 aromatic rings. The lowest BCUT2D eigenvalue weighted by Gasteiger charge is -2.27. The standard InChI is InChI=1S/C27H26N5O6P/c1-14(2)15-8-10-17(11-9-15)23-29-20-24(32(23)26-21(33)22-19(37-26)13-36-39(35)38-22)30-27-28-18(12-31(27)25(20)34)16-6-4-3-5-7-16/h3-12,14,19,21-22,26,33,35H,13H2,1-2H3,(H,28,30)/t19?,21?,22-,26-,39?/m1/s1. The van der Waals surface area contributed by atoms with Crippen LogP contribution in [0.2, 0.25) is 0 Å². The number of aromatic nitrogens is 5. The van der Waals surface area contributed by atoms with Crippen LogP contribution >= 0.6 is 8.60 Å². The van der Waals surface area contributed by atoms with Crippen molar-refractivity contribution in [2.75, 3.05) is 6.61 Å². The Morgan fingerprint density at radius 1 is 1.08 bits per heavy atom. The number of benzene rings is 2. The number of aromatic amines is 1. The van der Waals surface area contributed by atoms with Crippen LogP contribution in [0.1, 0.15) is 31.6 Å². The van der Waals surface area contributed by atoms with Crippen LogP contribution in [0.5, 0.6) is 0 Å². The van der Waals surface area contributed by atoms with E-state index < -0.39 is 33.1 Å². The average Bonchev–Trinajstić information content (AvgIpc) is 3.63. The minimum atomic E-state index is -2.11. The summed E-state index contributed by atoms with van der Waals surface area (Å²) in [7, 11) is -2.11. The molecule has 2 aliphatic heterocycles. The van der Waals surface area contributed by atoms with Gasteiger partial charge in [-0.05, 0) is 17.0 Å². The fourth-order valence-electron chi connectivity index (χ4n) is 5.22. The molecule has 3 N–H and O–H groups in total. The number of hydrogen-bond donors (Lipinski definition) is 3. The maximum absolute atomic E-state index is 13.7. The van der Waals surface area contributed by atoms with Gasteiger partial charge in [0.1, 0.15) is 24.1 Å². The summed E-state index contributed by atoms with van der Waals surface area (Å²) in [4.78, 5) is 36.4. The monoisotopic (exact) mass is 547 g/mol. The van der Waals surface area contributed by atoms with Gasteiger partial charge in [-0.3, -0.25) is 9.36 Å². The first-order valence-electron chi connectivity index (χ1n) is 12.7. The highest BCUT2D eigenvalue weighted by atomic mass is 31.2. The van der Waals surface area contributed by atoms with Crippen molar-refractivity contribution in [1.82, 2.24) is 23.9 Å². The van der Waals surface area contributed by atoms with Crippen LogP contribution in [-0.4, -0.2) is 58.8 Å².